The molecule has 1 atom stereocenters. The third-order valence-corrected chi connectivity index (χ3v) is 3.71. The molecule has 22 heavy (non-hydrogen) atoms. The quantitative estimate of drug-likeness (QED) is 0.943. The lowest BCUT2D eigenvalue weighted by atomic mass is 10.1. The van der Waals surface area contributed by atoms with E-state index in [1.807, 2.05) is 6.07 Å². The molecule has 0 radical (unpaired) electrons. The van der Waals surface area contributed by atoms with Crippen molar-refractivity contribution in [2.75, 3.05) is 23.3 Å². The molecule has 1 N–H and O–H groups in total. The molecule has 1 fully saturated rings. The van der Waals surface area contributed by atoms with Crippen molar-refractivity contribution in [3.8, 4) is 6.07 Å². The second-order valence-electron chi connectivity index (χ2n) is 5.28. The van der Waals surface area contributed by atoms with Gasteiger partial charge in [-0.1, -0.05) is 0 Å². The number of nitriles is 1. The summed E-state index contributed by atoms with van der Waals surface area (Å²) < 4.78 is 14.0. The average molecular weight is 297 g/mol. The normalized spacial score (nSPS) is 17.8. The fraction of sp³-hybridized carbons (Fsp3) is 0.312. The van der Waals surface area contributed by atoms with Gasteiger partial charge in [0.05, 0.1) is 17.3 Å². The van der Waals surface area contributed by atoms with Gasteiger partial charge in [0.25, 0.3) is 0 Å². The molecule has 1 aliphatic heterocycles. The SMILES string of the molecule is N#Cc1ccc(N[C@@H]2CCCN(c3ncccn3)C2)c(F)c1. The Morgan fingerprint density at radius 3 is 2.86 bits per heavy atom. The van der Waals surface area contributed by atoms with Crippen LogP contribution in [0.2, 0.25) is 0 Å². The molecule has 0 saturated carbocycles. The largest absolute Gasteiger partial charge is 0.378 e. The van der Waals surface area contributed by atoms with Crippen molar-refractivity contribution < 1.29 is 4.39 Å². The van der Waals surface area contributed by atoms with Gasteiger partial charge in [-0.15, -0.1) is 0 Å². The van der Waals surface area contributed by atoms with Crippen LogP contribution < -0.4 is 10.2 Å². The zero-order chi connectivity index (χ0) is 15.4. The maximum absolute atomic E-state index is 14.0. The Morgan fingerprint density at radius 1 is 1.32 bits per heavy atom. The second-order valence-corrected chi connectivity index (χ2v) is 5.28. The zero-order valence-corrected chi connectivity index (χ0v) is 12.0. The van der Waals surface area contributed by atoms with Crippen molar-refractivity contribution in [1.82, 2.24) is 9.97 Å². The lowest BCUT2D eigenvalue weighted by Gasteiger charge is -2.33. The summed E-state index contributed by atoms with van der Waals surface area (Å²) in [4.78, 5) is 10.6. The summed E-state index contributed by atoms with van der Waals surface area (Å²) in [5.74, 6) is 0.307. The molecule has 3 rings (SSSR count). The van der Waals surface area contributed by atoms with Gasteiger partial charge in [0.1, 0.15) is 5.82 Å². The van der Waals surface area contributed by atoms with E-state index in [9.17, 15) is 4.39 Å². The number of nitrogens with one attached hydrogen (secondary N) is 1. The van der Waals surface area contributed by atoms with Gasteiger partial charge in [-0.25, -0.2) is 14.4 Å². The smallest absolute Gasteiger partial charge is 0.225 e. The third-order valence-electron chi connectivity index (χ3n) is 3.71. The second kappa shape index (κ2) is 6.39. The summed E-state index contributed by atoms with van der Waals surface area (Å²) in [5, 5.41) is 12.0. The molecule has 5 nitrogen and oxygen atoms in total. The van der Waals surface area contributed by atoms with Crippen LogP contribution in [0.5, 0.6) is 0 Å². The first-order chi connectivity index (χ1) is 10.8. The summed E-state index contributed by atoms with van der Waals surface area (Å²) in [6.45, 7) is 1.63. The number of halogens is 1. The maximum atomic E-state index is 14.0. The highest BCUT2D eigenvalue weighted by Crippen LogP contribution is 2.21. The molecule has 2 heterocycles. The first kappa shape index (κ1) is 14.3. The summed E-state index contributed by atoms with van der Waals surface area (Å²) >= 11 is 0. The van der Waals surface area contributed by atoms with Gasteiger partial charge in [-0.3, -0.25) is 0 Å². The molecule has 1 aromatic carbocycles. The lowest BCUT2D eigenvalue weighted by Crippen LogP contribution is -2.43. The molecular formula is C16H16FN5. The van der Waals surface area contributed by atoms with Gasteiger partial charge in [0.2, 0.25) is 5.95 Å². The Labute approximate surface area is 128 Å². The Balaban J connectivity index is 1.69. The minimum Gasteiger partial charge on any atom is -0.378 e. The first-order valence-electron chi connectivity index (χ1n) is 7.24. The minimum atomic E-state index is -0.396. The molecule has 6 heteroatoms. The molecule has 1 aliphatic rings. The van der Waals surface area contributed by atoms with Crippen LogP contribution >= 0.6 is 0 Å². The highest BCUT2D eigenvalue weighted by molar-refractivity contribution is 5.50. The van der Waals surface area contributed by atoms with E-state index in [1.165, 1.54) is 6.07 Å². The number of anilines is 2. The van der Waals surface area contributed by atoms with Crippen LogP contribution in [0, 0.1) is 17.1 Å². The highest BCUT2D eigenvalue weighted by atomic mass is 19.1. The monoisotopic (exact) mass is 297 g/mol. The van der Waals surface area contributed by atoms with E-state index >= 15 is 0 Å². The highest BCUT2D eigenvalue weighted by Gasteiger charge is 2.22. The zero-order valence-electron chi connectivity index (χ0n) is 12.0. The number of aromatic nitrogens is 2. The van der Waals surface area contributed by atoms with E-state index in [0.29, 0.717) is 17.2 Å². The first-order valence-corrected chi connectivity index (χ1v) is 7.24. The number of nitrogens with zero attached hydrogens (tertiary/aromatic N) is 4. The maximum Gasteiger partial charge on any atom is 0.225 e. The Kier molecular flexibility index (Phi) is 4.15. The minimum absolute atomic E-state index is 0.125. The average Bonchev–Trinajstić information content (AvgIpc) is 2.58. The number of piperidine rings is 1. The predicted octanol–water partition coefficient (Wildman–Crippen LogP) is 2.57. The van der Waals surface area contributed by atoms with Crippen molar-refractivity contribution in [2.24, 2.45) is 0 Å². The predicted molar refractivity (Wildman–Crippen MR) is 82.0 cm³/mol. The van der Waals surface area contributed by atoms with E-state index < -0.39 is 5.82 Å². The summed E-state index contributed by atoms with van der Waals surface area (Å²) in [6, 6.07) is 8.33. The molecule has 0 aliphatic carbocycles. The molecule has 0 bridgehead atoms. The molecule has 0 unspecified atom stereocenters. The van der Waals surface area contributed by atoms with Gasteiger partial charge < -0.3 is 10.2 Å². The summed E-state index contributed by atoms with van der Waals surface area (Å²) in [5.41, 5.74) is 0.755. The van der Waals surface area contributed by atoms with Crippen LogP contribution in [-0.2, 0) is 0 Å². The van der Waals surface area contributed by atoms with Crippen molar-refractivity contribution >= 4 is 11.6 Å². The van der Waals surface area contributed by atoms with Crippen LogP contribution in [-0.4, -0.2) is 29.1 Å². The lowest BCUT2D eigenvalue weighted by molar-refractivity contribution is 0.519. The van der Waals surface area contributed by atoms with Crippen molar-refractivity contribution in [1.29, 1.82) is 5.26 Å². The van der Waals surface area contributed by atoms with Gasteiger partial charge >= 0.3 is 0 Å². The molecule has 1 saturated heterocycles. The van der Waals surface area contributed by atoms with Crippen molar-refractivity contribution in [3.63, 3.8) is 0 Å². The summed E-state index contributed by atoms with van der Waals surface area (Å²) in [6.07, 6.45) is 5.40. The number of hydrogen-bond donors (Lipinski definition) is 1. The van der Waals surface area contributed by atoms with E-state index in [4.69, 9.17) is 5.26 Å². The summed E-state index contributed by atoms with van der Waals surface area (Å²) in [7, 11) is 0. The fourth-order valence-electron chi connectivity index (χ4n) is 2.65. The number of benzene rings is 1. The van der Waals surface area contributed by atoms with Crippen molar-refractivity contribution in [2.45, 2.75) is 18.9 Å². The van der Waals surface area contributed by atoms with Crippen LogP contribution in [0.15, 0.2) is 36.7 Å². The van der Waals surface area contributed by atoms with E-state index in [-0.39, 0.29) is 6.04 Å². The topological polar surface area (TPSA) is 64.8 Å². The Bertz CT molecular complexity index is 683. The van der Waals surface area contributed by atoms with E-state index in [1.54, 1.807) is 30.6 Å². The van der Waals surface area contributed by atoms with Crippen LogP contribution in [0.1, 0.15) is 18.4 Å². The van der Waals surface area contributed by atoms with Gasteiger partial charge in [-0.05, 0) is 37.1 Å². The Hall–Kier alpha value is -2.68. The number of rotatable bonds is 3. The Morgan fingerprint density at radius 2 is 2.14 bits per heavy atom. The van der Waals surface area contributed by atoms with Gasteiger partial charge in [0.15, 0.2) is 0 Å². The molecule has 112 valence electrons. The van der Waals surface area contributed by atoms with Crippen LogP contribution in [0.3, 0.4) is 0 Å². The van der Waals surface area contributed by atoms with Gasteiger partial charge in [0, 0.05) is 31.5 Å². The molecule has 0 spiro atoms. The number of hydrogen-bond acceptors (Lipinski definition) is 5. The van der Waals surface area contributed by atoms with Crippen molar-refractivity contribution in [3.05, 3.63) is 48.0 Å². The van der Waals surface area contributed by atoms with Crippen LogP contribution in [0.25, 0.3) is 0 Å². The van der Waals surface area contributed by atoms with Gasteiger partial charge in [-0.2, -0.15) is 5.26 Å². The van der Waals surface area contributed by atoms with E-state index in [0.717, 1.165) is 25.9 Å². The van der Waals surface area contributed by atoms with Crippen LogP contribution in [0.4, 0.5) is 16.0 Å². The molecule has 0 amide bonds. The standard InChI is InChI=1S/C16H16FN5/c17-14-9-12(10-18)4-5-15(14)21-13-3-1-8-22(11-13)16-19-6-2-7-20-16/h2,4-7,9,13,21H,1,3,8,11H2/t13-/m1/s1. The fourth-order valence-corrected chi connectivity index (χ4v) is 2.65. The molecule has 2 aromatic rings. The third kappa shape index (κ3) is 3.14. The van der Waals surface area contributed by atoms with E-state index in [2.05, 4.69) is 20.2 Å². The molecule has 1 aromatic heterocycles. The molecular weight excluding hydrogens is 281 g/mol.